The highest BCUT2D eigenvalue weighted by Gasteiger charge is 2.64. The van der Waals surface area contributed by atoms with Gasteiger partial charge in [0.05, 0.1) is 0 Å². The first-order valence-electron chi connectivity index (χ1n) is 6.59. The van der Waals surface area contributed by atoms with Crippen LogP contribution in [0.5, 0.6) is 0 Å². The summed E-state index contributed by atoms with van der Waals surface area (Å²) in [5.41, 5.74) is 0. The van der Waals surface area contributed by atoms with Gasteiger partial charge < -0.3 is 4.90 Å². The predicted octanol–water partition coefficient (Wildman–Crippen LogP) is 3.25. The molecule has 1 heterocycles. The van der Waals surface area contributed by atoms with Crippen molar-refractivity contribution in [2.24, 2.45) is 23.7 Å². The van der Waals surface area contributed by atoms with E-state index in [1.165, 1.54) is 0 Å². The van der Waals surface area contributed by atoms with Crippen LogP contribution in [0.2, 0.25) is 0 Å². The molecule has 0 radical (unpaired) electrons. The van der Waals surface area contributed by atoms with E-state index in [2.05, 4.69) is 18.9 Å². The maximum Gasteiger partial charge on any atom is 0.251 e. The summed E-state index contributed by atoms with van der Waals surface area (Å²) in [6.45, 7) is 7.09. The SMILES string of the molecule is CC.CC1C2C3CC(C2CN1C)C(F)(F)C3. The Morgan fingerprint density at radius 2 is 1.88 bits per heavy atom. The van der Waals surface area contributed by atoms with Crippen LogP contribution < -0.4 is 0 Å². The number of halogens is 2. The molecule has 94 valence electrons. The Kier molecular flexibility index (Phi) is 3.02. The second kappa shape index (κ2) is 3.94. The van der Waals surface area contributed by atoms with Crippen molar-refractivity contribution < 1.29 is 8.78 Å². The van der Waals surface area contributed by atoms with Crippen LogP contribution in [0, 0.1) is 23.7 Å². The van der Waals surface area contributed by atoms with Gasteiger partial charge in [-0.2, -0.15) is 0 Å². The lowest BCUT2D eigenvalue weighted by Crippen LogP contribution is -2.36. The molecule has 0 aromatic carbocycles. The van der Waals surface area contributed by atoms with Crippen LogP contribution in [-0.2, 0) is 0 Å². The van der Waals surface area contributed by atoms with Gasteiger partial charge in [0.25, 0.3) is 5.92 Å². The average Bonchev–Trinajstić information content (AvgIpc) is 2.81. The molecule has 3 fully saturated rings. The first-order valence-corrected chi connectivity index (χ1v) is 6.59. The summed E-state index contributed by atoms with van der Waals surface area (Å²) >= 11 is 0. The fourth-order valence-corrected chi connectivity index (χ4v) is 4.28. The minimum atomic E-state index is -2.35. The van der Waals surface area contributed by atoms with E-state index in [0.717, 1.165) is 13.0 Å². The van der Waals surface area contributed by atoms with Crippen molar-refractivity contribution in [3.8, 4) is 0 Å². The molecule has 5 unspecified atom stereocenters. The molecule has 1 aliphatic heterocycles. The summed E-state index contributed by atoms with van der Waals surface area (Å²) < 4.78 is 27.0. The Hall–Kier alpha value is -0.180. The van der Waals surface area contributed by atoms with Gasteiger partial charge in [-0.3, -0.25) is 0 Å². The zero-order valence-corrected chi connectivity index (χ0v) is 10.7. The molecule has 3 aliphatic rings. The molecule has 1 saturated heterocycles. The molecule has 0 amide bonds. The summed E-state index contributed by atoms with van der Waals surface area (Å²) in [5, 5.41) is 0. The molecular formula is C13H23F2N. The number of hydrogen-bond donors (Lipinski definition) is 0. The van der Waals surface area contributed by atoms with Crippen molar-refractivity contribution in [2.75, 3.05) is 13.6 Å². The maximum atomic E-state index is 13.5. The Labute approximate surface area is 97.2 Å². The smallest absolute Gasteiger partial charge is 0.251 e. The molecule has 16 heavy (non-hydrogen) atoms. The zero-order valence-electron chi connectivity index (χ0n) is 10.7. The van der Waals surface area contributed by atoms with E-state index in [1.807, 2.05) is 13.8 Å². The number of hydrogen-bond acceptors (Lipinski definition) is 1. The summed E-state index contributed by atoms with van der Waals surface area (Å²) in [5.74, 6) is -1.50. The number of nitrogens with zero attached hydrogens (tertiary/aromatic N) is 1. The Bertz CT molecular complexity index is 265. The van der Waals surface area contributed by atoms with E-state index in [-0.39, 0.29) is 18.3 Å². The van der Waals surface area contributed by atoms with Gasteiger partial charge in [0.2, 0.25) is 0 Å². The quantitative estimate of drug-likeness (QED) is 0.618. The van der Waals surface area contributed by atoms with Crippen LogP contribution >= 0.6 is 0 Å². The minimum absolute atomic E-state index is 0.164. The third-order valence-corrected chi connectivity index (χ3v) is 4.94. The Balaban J connectivity index is 0.000000457. The van der Waals surface area contributed by atoms with Crippen molar-refractivity contribution in [3.63, 3.8) is 0 Å². The van der Waals surface area contributed by atoms with Crippen LogP contribution in [0.1, 0.15) is 33.6 Å². The van der Waals surface area contributed by atoms with Crippen LogP contribution in [-0.4, -0.2) is 30.5 Å². The topological polar surface area (TPSA) is 3.24 Å². The van der Waals surface area contributed by atoms with Gasteiger partial charge in [-0.05, 0) is 38.1 Å². The predicted molar refractivity (Wildman–Crippen MR) is 61.6 cm³/mol. The zero-order chi connectivity index (χ0) is 12.1. The molecule has 3 rings (SSSR count). The first kappa shape index (κ1) is 12.3. The highest BCUT2D eigenvalue weighted by molar-refractivity contribution is 5.10. The molecular weight excluding hydrogens is 208 g/mol. The fourth-order valence-electron chi connectivity index (χ4n) is 4.28. The Morgan fingerprint density at radius 1 is 1.25 bits per heavy atom. The van der Waals surface area contributed by atoms with Crippen LogP contribution in [0.3, 0.4) is 0 Å². The standard InChI is InChI=1S/C11H17F2N.C2H6/c1-6-10-7-3-9(11(12,13)4-7)8(10)5-14(6)2;1-2/h6-10H,3-5H2,1-2H3;1-2H3. The van der Waals surface area contributed by atoms with E-state index in [1.54, 1.807) is 0 Å². The number of rotatable bonds is 0. The molecule has 5 atom stereocenters. The number of likely N-dealkylation sites (tertiary alicyclic amines) is 1. The largest absolute Gasteiger partial charge is 0.303 e. The summed E-state index contributed by atoms with van der Waals surface area (Å²) in [4.78, 5) is 2.26. The molecule has 1 nitrogen and oxygen atoms in total. The minimum Gasteiger partial charge on any atom is -0.303 e. The van der Waals surface area contributed by atoms with Gasteiger partial charge in [0, 0.05) is 24.9 Å². The van der Waals surface area contributed by atoms with Crippen molar-refractivity contribution >= 4 is 0 Å². The van der Waals surface area contributed by atoms with Gasteiger partial charge in [-0.25, -0.2) is 8.78 Å². The molecule has 0 aromatic rings. The van der Waals surface area contributed by atoms with Crippen LogP contribution in [0.25, 0.3) is 0 Å². The normalized spacial score (nSPS) is 48.8. The van der Waals surface area contributed by atoms with Crippen molar-refractivity contribution in [1.82, 2.24) is 4.90 Å². The number of alkyl halides is 2. The molecule has 3 heteroatoms. The second-order valence-corrected chi connectivity index (χ2v) is 5.49. The monoisotopic (exact) mass is 231 g/mol. The Morgan fingerprint density at radius 3 is 2.50 bits per heavy atom. The lowest BCUT2D eigenvalue weighted by atomic mass is 9.77. The van der Waals surface area contributed by atoms with Gasteiger partial charge in [-0.1, -0.05) is 13.8 Å². The third-order valence-electron chi connectivity index (χ3n) is 4.94. The summed E-state index contributed by atoms with van der Waals surface area (Å²) in [7, 11) is 2.07. The summed E-state index contributed by atoms with van der Waals surface area (Å²) in [6, 6.07) is 0.520. The third kappa shape index (κ3) is 1.51. The average molecular weight is 231 g/mol. The van der Waals surface area contributed by atoms with Gasteiger partial charge in [0.15, 0.2) is 0 Å². The van der Waals surface area contributed by atoms with Crippen LogP contribution in [0.15, 0.2) is 0 Å². The highest BCUT2D eigenvalue weighted by Crippen LogP contribution is 2.62. The van der Waals surface area contributed by atoms with Crippen molar-refractivity contribution in [3.05, 3.63) is 0 Å². The fraction of sp³-hybridized carbons (Fsp3) is 1.00. The molecule has 2 saturated carbocycles. The molecule has 0 N–H and O–H groups in total. The van der Waals surface area contributed by atoms with Gasteiger partial charge >= 0.3 is 0 Å². The van der Waals surface area contributed by atoms with Crippen LogP contribution in [0.4, 0.5) is 8.78 Å². The molecule has 2 bridgehead atoms. The van der Waals surface area contributed by atoms with Crippen molar-refractivity contribution in [1.29, 1.82) is 0 Å². The number of fused-ring (bicyclic) bond motifs is 5. The van der Waals surface area contributed by atoms with Crippen molar-refractivity contribution in [2.45, 2.75) is 45.6 Å². The van der Waals surface area contributed by atoms with Gasteiger partial charge in [-0.15, -0.1) is 0 Å². The summed E-state index contributed by atoms with van der Waals surface area (Å²) in [6.07, 6.45) is 0.956. The second-order valence-electron chi connectivity index (χ2n) is 5.49. The first-order chi connectivity index (χ1) is 7.50. The highest BCUT2D eigenvalue weighted by atomic mass is 19.3. The van der Waals surface area contributed by atoms with E-state index in [9.17, 15) is 8.78 Å². The maximum absolute atomic E-state index is 13.5. The molecule has 0 spiro atoms. The molecule has 2 aliphatic carbocycles. The van der Waals surface area contributed by atoms with E-state index >= 15 is 0 Å². The van der Waals surface area contributed by atoms with E-state index in [4.69, 9.17) is 0 Å². The van der Waals surface area contributed by atoms with E-state index in [0.29, 0.717) is 17.9 Å². The molecule has 0 aromatic heterocycles. The van der Waals surface area contributed by atoms with Gasteiger partial charge in [0.1, 0.15) is 0 Å². The lowest BCUT2D eigenvalue weighted by molar-refractivity contribution is -0.0794. The van der Waals surface area contributed by atoms with E-state index < -0.39 is 5.92 Å². The lowest BCUT2D eigenvalue weighted by Gasteiger charge is -2.32.